The van der Waals surface area contributed by atoms with Gasteiger partial charge in [0.05, 0.1) is 6.54 Å². The first kappa shape index (κ1) is 13.7. The summed E-state index contributed by atoms with van der Waals surface area (Å²) in [4.78, 5) is 11.1. The standard InChI is InChI=1S/C13H21ClN4/c1-9-3-4-18(7-11(9)6-15)8-13-16-10(2)5-12(14)17-13/h5,9,11H,3-4,6-8,15H2,1-2H3. The summed E-state index contributed by atoms with van der Waals surface area (Å²) in [5.41, 5.74) is 6.74. The van der Waals surface area contributed by atoms with Crippen molar-refractivity contribution in [2.45, 2.75) is 26.8 Å². The zero-order chi connectivity index (χ0) is 13.1. The van der Waals surface area contributed by atoms with Gasteiger partial charge < -0.3 is 5.73 Å². The van der Waals surface area contributed by atoms with Gasteiger partial charge in [-0.05, 0) is 44.3 Å². The van der Waals surface area contributed by atoms with Gasteiger partial charge in [-0.2, -0.15) is 0 Å². The van der Waals surface area contributed by atoms with E-state index < -0.39 is 0 Å². The molecule has 0 saturated carbocycles. The summed E-state index contributed by atoms with van der Waals surface area (Å²) in [6, 6.07) is 1.78. The summed E-state index contributed by atoms with van der Waals surface area (Å²) >= 11 is 5.96. The van der Waals surface area contributed by atoms with Crippen molar-refractivity contribution in [3.63, 3.8) is 0 Å². The van der Waals surface area contributed by atoms with E-state index in [4.69, 9.17) is 17.3 Å². The van der Waals surface area contributed by atoms with Crippen molar-refractivity contribution in [3.8, 4) is 0 Å². The van der Waals surface area contributed by atoms with Gasteiger partial charge in [0.15, 0.2) is 0 Å². The van der Waals surface area contributed by atoms with Crippen LogP contribution < -0.4 is 5.73 Å². The third-order valence-corrected chi connectivity index (χ3v) is 3.93. The molecule has 0 bridgehead atoms. The Hall–Kier alpha value is -0.710. The Labute approximate surface area is 114 Å². The van der Waals surface area contributed by atoms with E-state index in [1.807, 2.05) is 6.92 Å². The maximum atomic E-state index is 5.96. The van der Waals surface area contributed by atoms with Gasteiger partial charge in [0, 0.05) is 12.2 Å². The lowest BCUT2D eigenvalue weighted by atomic mass is 9.87. The van der Waals surface area contributed by atoms with Crippen molar-refractivity contribution < 1.29 is 0 Å². The van der Waals surface area contributed by atoms with Crippen molar-refractivity contribution in [1.82, 2.24) is 14.9 Å². The van der Waals surface area contributed by atoms with Gasteiger partial charge in [0.1, 0.15) is 11.0 Å². The molecule has 4 nitrogen and oxygen atoms in total. The van der Waals surface area contributed by atoms with E-state index in [2.05, 4.69) is 21.8 Å². The summed E-state index contributed by atoms with van der Waals surface area (Å²) in [5.74, 6) is 2.11. The van der Waals surface area contributed by atoms with Gasteiger partial charge in [-0.25, -0.2) is 9.97 Å². The Morgan fingerprint density at radius 3 is 2.94 bits per heavy atom. The fourth-order valence-electron chi connectivity index (χ4n) is 2.53. The zero-order valence-corrected chi connectivity index (χ0v) is 11.8. The number of aryl methyl sites for hydroxylation is 1. The minimum atomic E-state index is 0.526. The number of aromatic nitrogens is 2. The molecule has 1 fully saturated rings. The molecule has 1 aromatic heterocycles. The number of piperidine rings is 1. The highest BCUT2D eigenvalue weighted by Gasteiger charge is 2.25. The lowest BCUT2D eigenvalue weighted by Crippen LogP contribution is -2.42. The van der Waals surface area contributed by atoms with Gasteiger partial charge in [-0.1, -0.05) is 18.5 Å². The molecule has 0 amide bonds. The van der Waals surface area contributed by atoms with Gasteiger partial charge in [-0.15, -0.1) is 0 Å². The number of rotatable bonds is 3. The summed E-state index contributed by atoms with van der Waals surface area (Å²) in [7, 11) is 0. The van der Waals surface area contributed by atoms with E-state index in [1.54, 1.807) is 6.07 Å². The molecule has 0 aliphatic carbocycles. The number of nitrogens with two attached hydrogens (primary N) is 1. The molecule has 1 aliphatic rings. The molecule has 1 saturated heterocycles. The predicted molar refractivity (Wildman–Crippen MR) is 73.4 cm³/mol. The van der Waals surface area contributed by atoms with E-state index in [0.29, 0.717) is 17.0 Å². The Kier molecular flexibility index (Phi) is 4.54. The first-order chi connectivity index (χ1) is 8.58. The number of likely N-dealkylation sites (tertiary alicyclic amines) is 1. The van der Waals surface area contributed by atoms with Gasteiger partial charge in [0.25, 0.3) is 0 Å². The third kappa shape index (κ3) is 3.40. The average Bonchev–Trinajstić information content (AvgIpc) is 2.30. The lowest BCUT2D eigenvalue weighted by Gasteiger charge is -2.36. The third-order valence-electron chi connectivity index (χ3n) is 3.74. The van der Waals surface area contributed by atoms with Crippen molar-refractivity contribution in [3.05, 3.63) is 22.7 Å². The summed E-state index contributed by atoms with van der Waals surface area (Å²) in [6.07, 6.45) is 1.20. The summed E-state index contributed by atoms with van der Waals surface area (Å²) in [5, 5.41) is 0.526. The van der Waals surface area contributed by atoms with Crippen LogP contribution in [0.2, 0.25) is 5.15 Å². The smallest absolute Gasteiger partial charge is 0.144 e. The monoisotopic (exact) mass is 268 g/mol. The number of halogens is 1. The van der Waals surface area contributed by atoms with E-state index in [1.165, 1.54) is 6.42 Å². The molecule has 2 N–H and O–H groups in total. The highest BCUT2D eigenvalue weighted by molar-refractivity contribution is 6.29. The average molecular weight is 269 g/mol. The van der Waals surface area contributed by atoms with E-state index in [9.17, 15) is 0 Å². The second-order valence-electron chi connectivity index (χ2n) is 5.25. The normalized spacial score (nSPS) is 25.3. The molecule has 18 heavy (non-hydrogen) atoms. The lowest BCUT2D eigenvalue weighted by molar-refractivity contribution is 0.123. The first-order valence-electron chi connectivity index (χ1n) is 6.51. The van der Waals surface area contributed by atoms with Crippen LogP contribution in [0.5, 0.6) is 0 Å². The first-order valence-corrected chi connectivity index (χ1v) is 6.88. The van der Waals surface area contributed by atoms with Crippen LogP contribution in [-0.2, 0) is 6.54 Å². The highest BCUT2D eigenvalue weighted by atomic mass is 35.5. The summed E-state index contributed by atoms with van der Waals surface area (Å²) in [6.45, 7) is 7.88. The molecule has 2 heterocycles. The summed E-state index contributed by atoms with van der Waals surface area (Å²) < 4.78 is 0. The molecule has 1 aliphatic heterocycles. The quantitative estimate of drug-likeness (QED) is 0.850. The van der Waals surface area contributed by atoms with Crippen LogP contribution >= 0.6 is 11.6 Å². The Morgan fingerprint density at radius 2 is 2.28 bits per heavy atom. The largest absolute Gasteiger partial charge is 0.330 e. The molecule has 100 valence electrons. The van der Waals surface area contributed by atoms with E-state index in [-0.39, 0.29) is 0 Å². The molecule has 2 unspecified atom stereocenters. The minimum absolute atomic E-state index is 0.526. The molecular formula is C13H21ClN4. The topological polar surface area (TPSA) is 55.0 Å². The molecule has 0 radical (unpaired) electrons. The van der Waals surface area contributed by atoms with Gasteiger partial charge >= 0.3 is 0 Å². The van der Waals surface area contributed by atoms with Crippen molar-refractivity contribution >= 4 is 11.6 Å². The predicted octanol–water partition coefficient (Wildman–Crippen LogP) is 1.86. The van der Waals surface area contributed by atoms with Crippen LogP contribution in [0.15, 0.2) is 6.07 Å². The second-order valence-corrected chi connectivity index (χ2v) is 5.63. The van der Waals surface area contributed by atoms with Crippen LogP contribution in [0.1, 0.15) is 24.9 Å². The number of hydrogen-bond acceptors (Lipinski definition) is 4. The van der Waals surface area contributed by atoms with E-state index >= 15 is 0 Å². The Morgan fingerprint density at radius 1 is 1.50 bits per heavy atom. The second kappa shape index (κ2) is 5.95. The van der Waals surface area contributed by atoms with Crippen LogP contribution in [-0.4, -0.2) is 34.5 Å². The van der Waals surface area contributed by atoms with Crippen molar-refractivity contribution in [2.75, 3.05) is 19.6 Å². The molecule has 2 atom stereocenters. The SMILES string of the molecule is Cc1cc(Cl)nc(CN2CCC(C)C(CN)C2)n1. The van der Waals surface area contributed by atoms with Gasteiger partial charge in [-0.3, -0.25) is 4.90 Å². The molecule has 5 heteroatoms. The fraction of sp³-hybridized carbons (Fsp3) is 0.692. The molecule has 0 spiro atoms. The zero-order valence-electron chi connectivity index (χ0n) is 11.1. The van der Waals surface area contributed by atoms with Crippen LogP contribution in [0.3, 0.4) is 0 Å². The van der Waals surface area contributed by atoms with Crippen LogP contribution in [0.25, 0.3) is 0 Å². The molecular weight excluding hydrogens is 248 g/mol. The highest BCUT2D eigenvalue weighted by Crippen LogP contribution is 2.23. The minimum Gasteiger partial charge on any atom is -0.330 e. The molecule has 0 aromatic carbocycles. The number of nitrogens with zero attached hydrogens (tertiary/aromatic N) is 3. The Balaban J connectivity index is 2.01. The number of hydrogen-bond donors (Lipinski definition) is 1. The van der Waals surface area contributed by atoms with Crippen LogP contribution in [0, 0.1) is 18.8 Å². The molecule has 1 aromatic rings. The maximum absolute atomic E-state index is 5.96. The van der Waals surface area contributed by atoms with Crippen molar-refractivity contribution in [1.29, 1.82) is 0 Å². The van der Waals surface area contributed by atoms with Gasteiger partial charge in [0.2, 0.25) is 0 Å². The fourth-order valence-corrected chi connectivity index (χ4v) is 2.79. The van der Waals surface area contributed by atoms with Crippen LogP contribution in [0.4, 0.5) is 0 Å². The van der Waals surface area contributed by atoms with Crippen molar-refractivity contribution in [2.24, 2.45) is 17.6 Å². The molecule has 2 rings (SSSR count). The van der Waals surface area contributed by atoms with E-state index in [0.717, 1.165) is 37.7 Å². The maximum Gasteiger partial charge on any atom is 0.144 e. The Bertz CT molecular complexity index is 390.